The average Bonchev–Trinajstić information content (AvgIpc) is 2.96. The van der Waals surface area contributed by atoms with Crippen LogP contribution < -0.4 is 4.74 Å². The van der Waals surface area contributed by atoms with Gasteiger partial charge in [-0.1, -0.05) is 32.9 Å². The third kappa shape index (κ3) is 4.42. The Balaban J connectivity index is 1.90. The highest BCUT2D eigenvalue weighted by Gasteiger charge is 2.32. The third-order valence-corrected chi connectivity index (χ3v) is 6.35. The molecule has 0 fully saturated rings. The Labute approximate surface area is 166 Å². The second kappa shape index (κ2) is 7.86. The summed E-state index contributed by atoms with van der Waals surface area (Å²) in [5, 5.41) is 10.5. The van der Waals surface area contributed by atoms with E-state index < -0.39 is 0 Å². The SMILES string of the molecule is CC(C)Oc1ccccc1C=Nc1sc2c(c1C#N)CC[C@@H](C(C)(C)C)C2. The van der Waals surface area contributed by atoms with Crippen molar-refractivity contribution >= 4 is 22.6 Å². The van der Waals surface area contributed by atoms with Crippen molar-refractivity contribution in [3.05, 3.63) is 45.8 Å². The van der Waals surface area contributed by atoms with Crippen LogP contribution in [0.3, 0.4) is 0 Å². The van der Waals surface area contributed by atoms with Gasteiger partial charge in [0, 0.05) is 16.7 Å². The van der Waals surface area contributed by atoms with Crippen LogP contribution in [0.15, 0.2) is 29.3 Å². The zero-order valence-corrected chi connectivity index (χ0v) is 17.7. The van der Waals surface area contributed by atoms with Crippen molar-refractivity contribution in [3.63, 3.8) is 0 Å². The van der Waals surface area contributed by atoms with E-state index in [9.17, 15) is 5.26 Å². The fourth-order valence-electron chi connectivity index (χ4n) is 3.59. The molecular formula is C23H28N2OS. The summed E-state index contributed by atoms with van der Waals surface area (Å²) in [6.45, 7) is 11.0. The molecule has 0 radical (unpaired) electrons. The van der Waals surface area contributed by atoms with Gasteiger partial charge in [0.15, 0.2) is 0 Å². The molecule has 3 nitrogen and oxygen atoms in total. The number of aliphatic imine (C=N–C) groups is 1. The van der Waals surface area contributed by atoms with Gasteiger partial charge in [0.05, 0.1) is 11.7 Å². The van der Waals surface area contributed by atoms with E-state index in [0.29, 0.717) is 11.3 Å². The number of fused-ring (bicyclic) bond motifs is 1. The Hall–Kier alpha value is -2.12. The Morgan fingerprint density at radius 3 is 2.70 bits per heavy atom. The monoisotopic (exact) mass is 380 g/mol. The van der Waals surface area contributed by atoms with Gasteiger partial charge < -0.3 is 4.74 Å². The van der Waals surface area contributed by atoms with Gasteiger partial charge in [-0.3, -0.25) is 0 Å². The highest BCUT2D eigenvalue weighted by molar-refractivity contribution is 7.16. The minimum absolute atomic E-state index is 0.109. The van der Waals surface area contributed by atoms with Crippen LogP contribution in [-0.2, 0) is 12.8 Å². The summed E-state index contributed by atoms with van der Waals surface area (Å²) in [5.41, 5.74) is 3.22. The summed E-state index contributed by atoms with van der Waals surface area (Å²) in [4.78, 5) is 6.04. The molecule has 0 amide bonds. The molecule has 0 bridgehead atoms. The van der Waals surface area contributed by atoms with Gasteiger partial charge in [0.25, 0.3) is 0 Å². The standard InChI is InChI=1S/C23H28N2OS/c1-15(2)26-20-9-7-6-8-16(20)14-25-22-19(13-24)18-11-10-17(23(3,4)5)12-21(18)27-22/h6-9,14-15,17H,10-12H2,1-5H3/t17-/m1/s1. The number of benzene rings is 1. The van der Waals surface area contributed by atoms with Gasteiger partial charge in [-0.05, 0) is 62.1 Å². The van der Waals surface area contributed by atoms with Crippen molar-refractivity contribution in [2.45, 2.75) is 60.0 Å². The molecule has 1 aromatic carbocycles. The van der Waals surface area contributed by atoms with E-state index in [-0.39, 0.29) is 6.10 Å². The number of para-hydroxylation sites is 1. The Morgan fingerprint density at radius 2 is 2.04 bits per heavy atom. The summed E-state index contributed by atoms with van der Waals surface area (Å²) in [5.74, 6) is 1.48. The van der Waals surface area contributed by atoms with Crippen molar-refractivity contribution in [3.8, 4) is 11.8 Å². The van der Waals surface area contributed by atoms with E-state index in [4.69, 9.17) is 9.73 Å². The van der Waals surface area contributed by atoms with Crippen molar-refractivity contribution in [1.82, 2.24) is 0 Å². The number of rotatable bonds is 4. The van der Waals surface area contributed by atoms with E-state index in [1.807, 2.05) is 44.3 Å². The Bertz CT molecular complexity index is 881. The van der Waals surface area contributed by atoms with Crippen LogP contribution in [0, 0.1) is 22.7 Å². The van der Waals surface area contributed by atoms with Crippen LogP contribution in [0.5, 0.6) is 5.75 Å². The molecule has 0 aliphatic heterocycles. The molecule has 1 heterocycles. The smallest absolute Gasteiger partial charge is 0.134 e. The van der Waals surface area contributed by atoms with Crippen molar-refractivity contribution in [2.75, 3.05) is 0 Å². The lowest BCUT2D eigenvalue weighted by atomic mass is 9.72. The highest BCUT2D eigenvalue weighted by atomic mass is 32.1. The Morgan fingerprint density at radius 1 is 1.30 bits per heavy atom. The predicted octanol–water partition coefficient (Wildman–Crippen LogP) is 6.31. The fraction of sp³-hybridized carbons (Fsp3) is 0.478. The van der Waals surface area contributed by atoms with Gasteiger partial charge in [-0.25, -0.2) is 4.99 Å². The maximum absolute atomic E-state index is 9.72. The minimum atomic E-state index is 0.109. The fourth-order valence-corrected chi connectivity index (χ4v) is 4.82. The first kappa shape index (κ1) is 19.6. The first-order chi connectivity index (χ1) is 12.8. The van der Waals surface area contributed by atoms with E-state index in [1.165, 1.54) is 10.4 Å². The summed E-state index contributed by atoms with van der Waals surface area (Å²) in [7, 11) is 0. The molecule has 0 spiro atoms. The van der Waals surface area contributed by atoms with Crippen LogP contribution in [0.25, 0.3) is 0 Å². The first-order valence-electron chi connectivity index (χ1n) is 9.64. The van der Waals surface area contributed by atoms with Crippen molar-refractivity contribution < 1.29 is 4.74 Å². The number of nitriles is 1. The second-order valence-corrected chi connectivity index (χ2v) is 9.65. The van der Waals surface area contributed by atoms with Crippen molar-refractivity contribution in [1.29, 1.82) is 5.26 Å². The maximum Gasteiger partial charge on any atom is 0.134 e. The molecule has 0 saturated heterocycles. The van der Waals surface area contributed by atoms with Crippen LogP contribution in [0.2, 0.25) is 0 Å². The molecular weight excluding hydrogens is 352 g/mol. The maximum atomic E-state index is 9.72. The average molecular weight is 381 g/mol. The zero-order chi connectivity index (χ0) is 19.6. The quantitative estimate of drug-likeness (QED) is 0.584. The van der Waals surface area contributed by atoms with E-state index >= 15 is 0 Å². The molecule has 0 N–H and O–H groups in total. The number of hydrogen-bond acceptors (Lipinski definition) is 4. The molecule has 1 atom stereocenters. The molecule has 1 aliphatic carbocycles. The van der Waals surface area contributed by atoms with Crippen molar-refractivity contribution in [2.24, 2.45) is 16.3 Å². The molecule has 1 aromatic heterocycles. The Kier molecular flexibility index (Phi) is 5.72. The molecule has 0 saturated carbocycles. The summed E-state index contributed by atoms with van der Waals surface area (Å²) < 4.78 is 5.87. The first-order valence-corrected chi connectivity index (χ1v) is 10.5. The van der Waals surface area contributed by atoms with Gasteiger partial charge >= 0.3 is 0 Å². The van der Waals surface area contributed by atoms with Crippen LogP contribution in [0.1, 0.15) is 62.6 Å². The van der Waals surface area contributed by atoms with E-state index in [0.717, 1.165) is 41.1 Å². The zero-order valence-electron chi connectivity index (χ0n) is 16.9. The lowest BCUT2D eigenvalue weighted by Gasteiger charge is -2.33. The van der Waals surface area contributed by atoms with Crippen LogP contribution in [-0.4, -0.2) is 12.3 Å². The minimum Gasteiger partial charge on any atom is -0.490 e. The van der Waals surface area contributed by atoms with Gasteiger partial charge in [-0.15, -0.1) is 11.3 Å². The lowest BCUT2D eigenvalue weighted by molar-refractivity contribution is 0.218. The molecule has 4 heteroatoms. The predicted molar refractivity (Wildman–Crippen MR) is 113 cm³/mol. The van der Waals surface area contributed by atoms with E-state index in [1.54, 1.807) is 11.3 Å². The molecule has 0 unspecified atom stereocenters. The normalized spacial score (nSPS) is 17.1. The molecule has 2 aromatic rings. The van der Waals surface area contributed by atoms with Gasteiger partial charge in [0.2, 0.25) is 0 Å². The van der Waals surface area contributed by atoms with Gasteiger partial charge in [-0.2, -0.15) is 5.26 Å². The molecule has 142 valence electrons. The van der Waals surface area contributed by atoms with Crippen LogP contribution >= 0.6 is 11.3 Å². The number of ether oxygens (including phenoxy) is 1. The summed E-state index contributed by atoms with van der Waals surface area (Å²) in [6.07, 6.45) is 5.13. The largest absolute Gasteiger partial charge is 0.490 e. The van der Waals surface area contributed by atoms with Gasteiger partial charge in [0.1, 0.15) is 16.8 Å². The number of nitrogens with zero attached hydrogens (tertiary/aromatic N) is 2. The second-order valence-electron chi connectivity index (χ2n) is 8.56. The molecule has 3 rings (SSSR count). The molecule has 1 aliphatic rings. The number of hydrogen-bond donors (Lipinski definition) is 0. The summed E-state index contributed by atoms with van der Waals surface area (Å²) >= 11 is 1.68. The topological polar surface area (TPSA) is 45.4 Å². The summed E-state index contributed by atoms with van der Waals surface area (Å²) in [6, 6.07) is 10.3. The highest BCUT2D eigenvalue weighted by Crippen LogP contribution is 2.44. The van der Waals surface area contributed by atoms with Crippen LogP contribution in [0.4, 0.5) is 5.00 Å². The van der Waals surface area contributed by atoms with E-state index in [2.05, 4.69) is 26.8 Å². The lowest BCUT2D eigenvalue weighted by Crippen LogP contribution is -2.26. The number of thiophene rings is 1. The third-order valence-electron chi connectivity index (χ3n) is 5.19. The molecule has 27 heavy (non-hydrogen) atoms.